The summed E-state index contributed by atoms with van der Waals surface area (Å²) < 4.78 is 1.36. The molecule has 1 aliphatic rings. The predicted octanol–water partition coefficient (Wildman–Crippen LogP) is 3.00. The van der Waals surface area contributed by atoms with Gasteiger partial charge in [-0.05, 0) is 51.7 Å². The van der Waals surface area contributed by atoms with Crippen molar-refractivity contribution in [3.8, 4) is 0 Å². The van der Waals surface area contributed by atoms with Gasteiger partial charge in [-0.1, -0.05) is 0 Å². The fourth-order valence-corrected chi connectivity index (χ4v) is 2.93. The zero-order valence-corrected chi connectivity index (χ0v) is 7.39. The number of fused-ring (bicyclic) bond motifs is 1. The van der Waals surface area contributed by atoms with Gasteiger partial charge in [-0.25, -0.2) is 0 Å². The summed E-state index contributed by atoms with van der Waals surface area (Å²) in [6, 6.07) is 0. The van der Waals surface area contributed by atoms with Gasteiger partial charge >= 0.3 is 0 Å². The molecule has 48 valence electrons. The zero-order valence-electron chi connectivity index (χ0n) is 4.98. The molecule has 0 aromatic carbocycles. The molecule has 0 saturated heterocycles. The van der Waals surface area contributed by atoms with Crippen molar-refractivity contribution < 1.29 is 0 Å². The smallest absolute Gasteiger partial charge is 0.0733 e. The lowest BCUT2D eigenvalue weighted by atomic mass is 10.2. The van der Waals surface area contributed by atoms with E-state index < -0.39 is 0 Å². The summed E-state index contributed by atoms with van der Waals surface area (Å²) in [5, 5.41) is 2.27. The Balaban J connectivity index is 2.56. The molecule has 0 spiro atoms. The molecule has 2 heteroatoms. The molecule has 1 aliphatic carbocycles. The minimum absolute atomic E-state index is 1.29. The van der Waals surface area contributed by atoms with E-state index in [1.807, 2.05) is 11.3 Å². The van der Waals surface area contributed by atoms with Crippen LogP contribution in [0.2, 0.25) is 0 Å². The Morgan fingerprint density at radius 2 is 2.33 bits per heavy atom. The number of halogens is 1. The highest BCUT2D eigenvalue weighted by Crippen LogP contribution is 2.34. The quantitative estimate of drug-likeness (QED) is 0.608. The molecule has 0 radical (unpaired) electrons. The number of hydrogen-bond donors (Lipinski definition) is 0. The largest absolute Gasteiger partial charge is 0.136 e. The first-order valence-corrected chi connectivity index (χ1v) is 4.80. The molecule has 1 heterocycles. The highest BCUT2D eigenvalue weighted by atomic mass is 79.9. The van der Waals surface area contributed by atoms with Crippen LogP contribution >= 0.6 is 27.3 Å². The van der Waals surface area contributed by atoms with Crippen LogP contribution in [-0.4, -0.2) is 0 Å². The molecular weight excluding hydrogens is 196 g/mol. The Hall–Kier alpha value is 0.180. The SMILES string of the molecule is Brc1scc2c1CCC2. The first kappa shape index (κ1) is 5.93. The third kappa shape index (κ3) is 0.849. The lowest BCUT2D eigenvalue weighted by molar-refractivity contribution is 0.910. The van der Waals surface area contributed by atoms with E-state index in [1.54, 1.807) is 11.1 Å². The molecule has 0 bridgehead atoms. The fraction of sp³-hybridized carbons (Fsp3) is 0.429. The molecule has 0 N–H and O–H groups in total. The molecule has 0 saturated carbocycles. The summed E-state index contributed by atoms with van der Waals surface area (Å²) >= 11 is 5.36. The van der Waals surface area contributed by atoms with E-state index in [-0.39, 0.29) is 0 Å². The number of aryl methyl sites for hydroxylation is 1. The lowest BCUT2D eigenvalue weighted by Gasteiger charge is -1.85. The predicted molar refractivity (Wildman–Crippen MR) is 44.0 cm³/mol. The van der Waals surface area contributed by atoms with E-state index in [4.69, 9.17) is 0 Å². The van der Waals surface area contributed by atoms with Crippen LogP contribution in [0.25, 0.3) is 0 Å². The Morgan fingerprint density at radius 1 is 1.44 bits per heavy atom. The first-order valence-electron chi connectivity index (χ1n) is 3.12. The van der Waals surface area contributed by atoms with E-state index in [2.05, 4.69) is 21.3 Å². The van der Waals surface area contributed by atoms with Crippen molar-refractivity contribution in [3.63, 3.8) is 0 Å². The molecule has 0 aliphatic heterocycles. The normalized spacial score (nSPS) is 16.1. The molecule has 0 fully saturated rings. The molecule has 1 aromatic heterocycles. The minimum atomic E-state index is 1.29. The van der Waals surface area contributed by atoms with Crippen LogP contribution < -0.4 is 0 Å². The van der Waals surface area contributed by atoms with Crippen LogP contribution in [0.4, 0.5) is 0 Å². The molecule has 2 rings (SSSR count). The first-order chi connectivity index (χ1) is 4.38. The standard InChI is InChI=1S/C7H7BrS/c8-7-6-3-1-2-5(6)4-9-7/h4H,1-3H2. The van der Waals surface area contributed by atoms with Crippen LogP contribution in [0.5, 0.6) is 0 Å². The summed E-state index contributed by atoms with van der Waals surface area (Å²) in [6.45, 7) is 0. The van der Waals surface area contributed by atoms with Crippen LogP contribution in [0.1, 0.15) is 17.5 Å². The molecular formula is C7H7BrS. The van der Waals surface area contributed by atoms with Crippen LogP contribution in [0.3, 0.4) is 0 Å². The monoisotopic (exact) mass is 202 g/mol. The second kappa shape index (κ2) is 2.10. The Labute approximate surface area is 67.0 Å². The van der Waals surface area contributed by atoms with Crippen molar-refractivity contribution in [1.29, 1.82) is 0 Å². The number of rotatable bonds is 0. The lowest BCUT2D eigenvalue weighted by Crippen LogP contribution is -1.70. The van der Waals surface area contributed by atoms with Crippen LogP contribution in [0.15, 0.2) is 9.17 Å². The van der Waals surface area contributed by atoms with E-state index in [0.29, 0.717) is 0 Å². The van der Waals surface area contributed by atoms with Gasteiger partial charge in [0.05, 0.1) is 3.79 Å². The Morgan fingerprint density at radius 3 is 3.11 bits per heavy atom. The van der Waals surface area contributed by atoms with Gasteiger partial charge in [0.2, 0.25) is 0 Å². The summed E-state index contributed by atoms with van der Waals surface area (Å²) in [5.74, 6) is 0. The van der Waals surface area contributed by atoms with E-state index in [0.717, 1.165) is 0 Å². The van der Waals surface area contributed by atoms with Crippen molar-refractivity contribution >= 4 is 27.3 Å². The summed E-state index contributed by atoms with van der Waals surface area (Å²) in [6.07, 6.45) is 3.95. The second-order valence-electron chi connectivity index (χ2n) is 2.37. The third-order valence-corrected chi connectivity index (χ3v) is 3.70. The van der Waals surface area contributed by atoms with Gasteiger partial charge in [0.25, 0.3) is 0 Å². The van der Waals surface area contributed by atoms with Gasteiger partial charge in [-0.3, -0.25) is 0 Å². The summed E-state index contributed by atoms with van der Waals surface area (Å²) in [4.78, 5) is 0. The van der Waals surface area contributed by atoms with Gasteiger partial charge in [0.15, 0.2) is 0 Å². The van der Waals surface area contributed by atoms with Gasteiger partial charge in [0, 0.05) is 0 Å². The van der Waals surface area contributed by atoms with Crippen LogP contribution in [-0.2, 0) is 12.8 Å². The molecule has 0 amide bonds. The maximum atomic E-state index is 3.54. The maximum Gasteiger partial charge on any atom is 0.0733 e. The third-order valence-electron chi connectivity index (χ3n) is 1.80. The van der Waals surface area contributed by atoms with Gasteiger partial charge in [-0.2, -0.15) is 0 Å². The minimum Gasteiger partial charge on any atom is -0.136 e. The fourth-order valence-electron chi connectivity index (χ4n) is 1.32. The van der Waals surface area contributed by atoms with Crippen molar-refractivity contribution in [1.82, 2.24) is 0 Å². The van der Waals surface area contributed by atoms with Crippen molar-refractivity contribution in [3.05, 3.63) is 20.3 Å². The molecule has 0 unspecified atom stereocenters. The maximum absolute atomic E-state index is 3.54. The summed E-state index contributed by atoms with van der Waals surface area (Å²) in [7, 11) is 0. The van der Waals surface area contributed by atoms with Gasteiger partial charge < -0.3 is 0 Å². The summed E-state index contributed by atoms with van der Waals surface area (Å²) in [5.41, 5.74) is 3.15. The highest BCUT2D eigenvalue weighted by Gasteiger charge is 2.14. The Kier molecular flexibility index (Phi) is 1.38. The zero-order chi connectivity index (χ0) is 6.27. The average molecular weight is 203 g/mol. The van der Waals surface area contributed by atoms with Gasteiger partial charge in [0.1, 0.15) is 0 Å². The molecule has 0 atom stereocenters. The Bertz CT molecular complexity index is 227. The second-order valence-corrected chi connectivity index (χ2v) is 4.56. The molecule has 1 aromatic rings. The highest BCUT2D eigenvalue weighted by molar-refractivity contribution is 9.11. The van der Waals surface area contributed by atoms with Crippen molar-refractivity contribution in [2.45, 2.75) is 19.3 Å². The molecule has 0 nitrogen and oxygen atoms in total. The molecule has 9 heavy (non-hydrogen) atoms. The van der Waals surface area contributed by atoms with Crippen molar-refractivity contribution in [2.24, 2.45) is 0 Å². The van der Waals surface area contributed by atoms with Crippen molar-refractivity contribution in [2.75, 3.05) is 0 Å². The van der Waals surface area contributed by atoms with E-state index in [9.17, 15) is 0 Å². The average Bonchev–Trinajstić information content (AvgIpc) is 2.35. The van der Waals surface area contributed by atoms with Crippen LogP contribution in [0, 0.1) is 0 Å². The van der Waals surface area contributed by atoms with E-state index >= 15 is 0 Å². The van der Waals surface area contributed by atoms with E-state index in [1.165, 1.54) is 23.0 Å². The number of thiophene rings is 1. The van der Waals surface area contributed by atoms with Gasteiger partial charge in [-0.15, -0.1) is 11.3 Å². The number of hydrogen-bond acceptors (Lipinski definition) is 1. The topological polar surface area (TPSA) is 0 Å².